The molecule has 0 fully saturated rings. The van der Waals surface area contributed by atoms with Crippen molar-refractivity contribution < 1.29 is 9.59 Å². The van der Waals surface area contributed by atoms with Crippen molar-refractivity contribution in [1.82, 2.24) is 10.7 Å². The Kier molecular flexibility index (Phi) is 8.86. The lowest BCUT2D eigenvalue weighted by atomic mass is 10.1. The van der Waals surface area contributed by atoms with E-state index in [9.17, 15) is 9.59 Å². The number of hydrogen-bond acceptors (Lipinski definition) is 4. The van der Waals surface area contributed by atoms with Crippen LogP contribution in [-0.2, 0) is 4.79 Å². The third kappa shape index (κ3) is 7.50. The second kappa shape index (κ2) is 11.7. The Morgan fingerprint density at radius 1 is 1.07 bits per heavy atom. The van der Waals surface area contributed by atoms with Crippen LogP contribution in [0.1, 0.15) is 22.3 Å². The van der Waals surface area contributed by atoms with Crippen molar-refractivity contribution >= 4 is 35.9 Å². The first-order chi connectivity index (χ1) is 13.2. The molecule has 2 N–H and O–H groups in total. The monoisotopic (exact) mass is 381 g/mol. The maximum Gasteiger partial charge on any atom is 0.262 e. The molecule has 0 radical (unpaired) electrons. The Balaban J connectivity index is 1.90. The molecule has 0 spiro atoms. The highest BCUT2D eigenvalue weighted by Crippen LogP contribution is 2.04. The standard InChI is InChI=1S/C21H23N3O2S/c1-27-16-14-19(23-20(25)18-12-6-3-7-13-18)21(26)24-22-15-8-11-17-9-4-2-5-10-17/h2-13,15,19H,14,16H2,1H3,(H,23,25)(H,24,26)/b11-8-,22-15?/t19-/m0/s1. The Bertz CT molecular complexity index is 777. The summed E-state index contributed by atoms with van der Waals surface area (Å²) in [4.78, 5) is 24.7. The Morgan fingerprint density at radius 3 is 2.41 bits per heavy atom. The van der Waals surface area contributed by atoms with E-state index in [4.69, 9.17) is 0 Å². The molecule has 1 atom stereocenters. The molecule has 0 unspecified atom stereocenters. The second-order valence-corrected chi connectivity index (χ2v) is 6.68. The maximum absolute atomic E-state index is 12.4. The van der Waals surface area contributed by atoms with Crippen LogP contribution in [0.3, 0.4) is 0 Å². The molecule has 27 heavy (non-hydrogen) atoms. The fourth-order valence-electron chi connectivity index (χ4n) is 2.28. The zero-order valence-electron chi connectivity index (χ0n) is 15.2. The topological polar surface area (TPSA) is 70.6 Å². The fourth-order valence-corrected chi connectivity index (χ4v) is 2.75. The predicted octanol–water partition coefficient (Wildman–Crippen LogP) is 3.35. The number of benzene rings is 2. The van der Waals surface area contributed by atoms with Gasteiger partial charge in [0.1, 0.15) is 6.04 Å². The lowest BCUT2D eigenvalue weighted by Gasteiger charge is -2.16. The summed E-state index contributed by atoms with van der Waals surface area (Å²) >= 11 is 1.62. The smallest absolute Gasteiger partial charge is 0.262 e. The van der Waals surface area contributed by atoms with Gasteiger partial charge in [0.2, 0.25) is 0 Å². The Morgan fingerprint density at radius 2 is 1.74 bits per heavy atom. The fraction of sp³-hybridized carbons (Fsp3) is 0.190. The van der Waals surface area contributed by atoms with E-state index in [1.807, 2.05) is 48.7 Å². The molecule has 0 bridgehead atoms. The third-order valence-electron chi connectivity index (χ3n) is 3.69. The number of nitrogens with zero attached hydrogens (tertiary/aromatic N) is 1. The van der Waals surface area contributed by atoms with Gasteiger partial charge in [-0.2, -0.15) is 16.9 Å². The van der Waals surface area contributed by atoms with Crippen molar-refractivity contribution in [3.63, 3.8) is 0 Å². The number of nitrogens with one attached hydrogen (secondary N) is 2. The first-order valence-corrected chi connectivity index (χ1v) is 9.99. The van der Waals surface area contributed by atoms with Gasteiger partial charge in [0, 0.05) is 11.8 Å². The molecule has 2 aromatic rings. The van der Waals surface area contributed by atoms with Crippen LogP contribution in [0.2, 0.25) is 0 Å². The molecule has 2 rings (SSSR count). The molecule has 2 aromatic carbocycles. The van der Waals surface area contributed by atoms with E-state index in [0.29, 0.717) is 12.0 Å². The van der Waals surface area contributed by atoms with Crippen LogP contribution in [0.5, 0.6) is 0 Å². The van der Waals surface area contributed by atoms with Crippen LogP contribution in [-0.4, -0.2) is 36.1 Å². The quantitative estimate of drug-likeness (QED) is 0.517. The molecule has 0 aliphatic carbocycles. The molecule has 0 heterocycles. The third-order valence-corrected chi connectivity index (χ3v) is 4.34. The van der Waals surface area contributed by atoms with E-state index in [1.165, 1.54) is 6.21 Å². The highest BCUT2D eigenvalue weighted by atomic mass is 32.2. The molecule has 0 saturated heterocycles. The van der Waals surface area contributed by atoms with Crippen molar-refractivity contribution in [2.45, 2.75) is 12.5 Å². The van der Waals surface area contributed by atoms with Crippen molar-refractivity contribution in [1.29, 1.82) is 0 Å². The minimum absolute atomic E-state index is 0.273. The number of carbonyl (C=O) groups is 2. The van der Waals surface area contributed by atoms with Crippen LogP contribution in [0.15, 0.2) is 71.8 Å². The normalized spacial score (nSPS) is 12.2. The Hall–Kier alpha value is -2.86. The molecule has 140 valence electrons. The lowest BCUT2D eigenvalue weighted by Crippen LogP contribution is -2.45. The van der Waals surface area contributed by atoms with Gasteiger partial charge in [0.25, 0.3) is 11.8 Å². The number of amides is 2. The van der Waals surface area contributed by atoms with Crippen LogP contribution in [0.25, 0.3) is 6.08 Å². The molecule has 0 aliphatic heterocycles. The highest BCUT2D eigenvalue weighted by Gasteiger charge is 2.20. The first-order valence-electron chi connectivity index (χ1n) is 8.60. The molecular formula is C21H23N3O2S. The van der Waals surface area contributed by atoms with Crippen molar-refractivity contribution in [2.24, 2.45) is 5.10 Å². The number of hydrogen-bond donors (Lipinski definition) is 2. The highest BCUT2D eigenvalue weighted by molar-refractivity contribution is 7.98. The van der Waals surface area contributed by atoms with Gasteiger partial charge < -0.3 is 5.32 Å². The van der Waals surface area contributed by atoms with Crippen molar-refractivity contribution in [2.75, 3.05) is 12.0 Å². The van der Waals surface area contributed by atoms with Gasteiger partial charge in [-0.1, -0.05) is 54.6 Å². The minimum Gasteiger partial charge on any atom is -0.340 e. The summed E-state index contributed by atoms with van der Waals surface area (Å²) in [7, 11) is 0. The summed E-state index contributed by atoms with van der Waals surface area (Å²) < 4.78 is 0. The average Bonchev–Trinajstić information content (AvgIpc) is 2.72. The van der Waals surface area contributed by atoms with Crippen LogP contribution >= 0.6 is 11.8 Å². The van der Waals surface area contributed by atoms with E-state index in [-0.39, 0.29) is 11.8 Å². The summed E-state index contributed by atoms with van der Waals surface area (Å²) in [6.07, 6.45) is 7.63. The van der Waals surface area contributed by atoms with Gasteiger partial charge >= 0.3 is 0 Å². The molecule has 0 saturated carbocycles. The van der Waals surface area contributed by atoms with E-state index >= 15 is 0 Å². The van der Waals surface area contributed by atoms with Gasteiger partial charge in [0.15, 0.2) is 0 Å². The van der Waals surface area contributed by atoms with Gasteiger partial charge in [-0.15, -0.1) is 0 Å². The maximum atomic E-state index is 12.4. The summed E-state index contributed by atoms with van der Waals surface area (Å²) in [5.41, 5.74) is 4.06. The van der Waals surface area contributed by atoms with Crippen molar-refractivity contribution in [3.8, 4) is 0 Å². The van der Waals surface area contributed by atoms with Crippen molar-refractivity contribution in [3.05, 3.63) is 77.9 Å². The number of thioether (sulfide) groups is 1. The first kappa shape index (κ1) is 20.5. The van der Waals surface area contributed by atoms with Gasteiger partial charge in [-0.05, 0) is 42.2 Å². The molecule has 0 aliphatic rings. The van der Waals surface area contributed by atoms with Crippen LogP contribution in [0.4, 0.5) is 0 Å². The molecule has 5 nitrogen and oxygen atoms in total. The molecule has 6 heteroatoms. The summed E-state index contributed by atoms with van der Waals surface area (Å²) in [6, 6.07) is 18.0. The zero-order valence-corrected chi connectivity index (χ0v) is 16.0. The predicted molar refractivity (Wildman–Crippen MR) is 113 cm³/mol. The van der Waals surface area contributed by atoms with Gasteiger partial charge in [0.05, 0.1) is 0 Å². The molecular weight excluding hydrogens is 358 g/mol. The summed E-state index contributed by atoms with van der Waals surface area (Å²) in [6.45, 7) is 0. The molecule has 0 aromatic heterocycles. The van der Waals surface area contributed by atoms with E-state index in [2.05, 4.69) is 15.8 Å². The van der Waals surface area contributed by atoms with Gasteiger partial charge in [-0.25, -0.2) is 5.43 Å². The summed E-state index contributed by atoms with van der Waals surface area (Å²) in [5.74, 6) is 0.146. The van der Waals surface area contributed by atoms with E-state index in [0.717, 1.165) is 11.3 Å². The number of hydrazone groups is 1. The second-order valence-electron chi connectivity index (χ2n) is 5.70. The average molecular weight is 382 g/mol. The SMILES string of the molecule is CSCC[C@H](NC(=O)c1ccccc1)C(=O)NN=C/C=C\c1ccccc1. The minimum atomic E-state index is -0.639. The van der Waals surface area contributed by atoms with E-state index < -0.39 is 6.04 Å². The zero-order chi connectivity index (χ0) is 19.3. The van der Waals surface area contributed by atoms with Crippen LogP contribution in [0, 0.1) is 0 Å². The number of carbonyl (C=O) groups excluding carboxylic acids is 2. The number of allylic oxidation sites excluding steroid dienone is 1. The Labute approximate surface area is 163 Å². The largest absolute Gasteiger partial charge is 0.340 e. The lowest BCUT2D eigenvalue weighted by molar-refractivity contribution is -0.123. The molecule has 2 amide bonds. The number of rotatable bonds is 9. The van der Waals surface area contributed by atoms with Gasteiger partial charge in [-0.3, -0.25) is 9.59 Å². The van der Waals surface area contributed by atoms with E-state index in [1.54, 1.807) is 42.1 Å². The summed E-state index contributed by atoms with van der Waals surface area (Å²) in [5, 5.41) is 6.70. The van der Waals surface area contributed by atoms with Crippen LogP contribution < -0.4 is 10.7 Å².